The van der Waals surface area contributed by atoms with E-state index in [1.165, 1.54) is 0 Å². The summed E-state index contributed by atoms with van der Waals surface area (Å²) in [4.78, 5) is 18.5. The number of carbonyl (C=O) groups is 1. The van der Waals surface area contributed by atoms with Gasteiger partial charge in [0.2, 0.25) is 0 Å². The van der Waals surface area contributed by atoms with Crippen molar-refractivity contribution in [3.05, 3.63) is 75.7 Å². The zero-order chi connectivity index (χ0) is 22.2. The molecule has 8 heteroatoms. The molecule has 4 heterocycles. The van der Waals surface area contributed by atoms with Gasteiger partial charge < -0.3 is 9.47 Å². The Labute approximate surface area is 186 Å². The summed E-state index contributed by atoms with van der Waals surface area (Å²) in [6, 6.07) is 9.83. The average Bonchev–Trinajstić information content (AvgIpc) is 3.41. The lowest BCUT2D eigenvalue weighted by atomic mass is 9.94. The van der Waals surface area contributed by atoms with Gasteiger partial charge in [-0.1, -0.05) is 6.07 Å². The first-order chi connectivity index (χ1) is 15.5. The molecule has 0 aliphatic carbocycles. The minimum atomic E-state index is -0.247. The van der Waals surface area contributed by atoms with E-state index in [4.69, 9.17) is 14.7 Å². The van der Waals surface area contributed by atoms with E-state index in [0.717, 1.165) is 41.0 Å². The molecule has 1 fully saturated rings. The maximum absolute atomic E-state index is 11.8. The molecule has 0 amide bonds. The summed E-state index contributed by atoms with van der Waals surface area (Å²) in [6.07, 6.45) is 3.41. The molecule has 0 N–H and O–H groups in total. The number of rotatable bonds is 4. The van der Waals surface area contributed by atoms with Gasteiger partial charge in [-0.2, -0.15) is 10.4 Å². The molecule has 0 saturated carbocycles. The zero-order valence-corrected chi connectivity index (χ0v) is 18.0. The van der Waals surface area contributed by atoms with Gasteiger partial charge in [-0.15, -0.1) is 0 Å². The number of aryl methyl sites for hydroxylation is 1. The van der Waals surface area contributed by atoms with Crippen LogP contribution in [-0.2, 0) is 22.6 Å². The molecule has 0 bridgehead atoms. The van der Waals surface area contributed by atoms with E-state index in [0.29, 0.717) is 36.7 Å². The first-order valence-electron chi connectivity index (χ1n) is 10.6. The molecule has 1 aromatic carbocycles. The van der Waals surface area contributed by atoms with Crippen molar-refractivity contribution in [2.75, 3.05) is 19.7 Å². The van der Waals surface area contributed by atoms with Crippen molar-refractivity contribution in [3.63, 3.8) is 0 Å². The zero-order valence-electron chi connectivity index (χ0n) is 18.0. The second kappa shape index (κ2) is 8.19. The Bertz CT molecular complexity index is 1240. The van der Waals surface area contributed by atoms with Crippen molar-refractivity contribution in [1.82, 2.24) is 19.7 Å². The van der Waals surface area contributed by atoms with Crippen molar-refractivity contribution in [2.45, 2.75) is 33.1 Å². The SMILES string of the molecule is Cc1cc(-n2ccc(CN3CCO[C@H](c4ccc5c(c4C)COC5=O)C3)n2)ncc1C#N. The van der Waals surface area contributed by atoms with Crippen LogP contribution in [0.15, 0.2) is 36.7 Å². The fourth-order valence-electron chi connectivity index (χ4n) is 4.34. The molecule has 5 rings (SSSR count). The number of fused-ring (bicyclic) bond motifs is 1. The lowest BCUT2D eigenvalue weighted by molar-refractivity contribution is -0.0336. The fourth-order valence-corrected chi connectivity index (χ4v) is 4.34. The molecule has 1 saturated heterocycles. The smallest absolute Gasteiger partial charge is 0.338 e. The minimum absolute atomic E-state index is 0.0605. The summed E-state index contributed by atoms with van der Waals surface area (Å²) in [5.74, 6) is 0.446. The second-order valence-electron chi connectivity index (χ2n) is 8.20. The summed E-state index contributed by atoms with van der Waals surface area (Å²) in [7, 11) is 0. The third-order valence-corrected chi connectivity index (χ3v) is 6.19. The first-order valence-corrected chi connectivity index (χ1v) is 10.6. The molecular formula is C24H23N5O3. The normalized spacial score (nSPS) is 18.3. The fraction of sp³-hybridized carbons (Fsp3) is 0.333. The van der Waals surface area contributed by atoms with Gasteiger partial charge >= 0.3 is 5.97 Å². The number of morpholine rings is 1. The molecule has 2 aromatic heterocycles. The topological polar surface area (TPSA) is 93.3 Å². The molecule has 1 atom stereocenters. The van der Waals surface area contributed by atoms with Gasteiger partial charge in [0, 0.05) is 37.6 Å². The quantitative estimate of drug-likeness (QED) is 0.589. The number of ether oxygens (including phenoxy) is 2. The Kier molecular flexibility index (Phi) is 5.21. The van der Waals surface area contributed by atoms with Crippen LogP contribution in [0, 0.1) is 25.2 Å². The second-order valence-corrected chi connectivity index (χ2v) is 8.20. The summed E-state index contributed by atoms with van der Waals surface area (Å²) in [5, 5.41) is 13.8. The van der Waals surface area contributed by atoms with Crippen molar-refractivity contribution >= 4 is 5.97 Å². The van der Waals surface area contributed by atoms with Crippen LogP contribution in [-0.4, -0.2) is 45.3 Å². The lowest BCUT2D eigenvalue weighted by Crippen LogP contribution is -2.38. The largest absolute Gasteiger partial charge is 0.457 e. The molecule has 0 spiro atoms. The van der Waals surface area contributed by atoms with Gasteiger partial charge in [0.15, 0.2) is 5.82 Å². The molecule has 2 aliphatic heterocycles. The van der Waals surface area contributed by atoms with Crippen molar-refractivity contribution in [2.24, 2.45) is 0 Å². The molecular weight excluding hydrogens is 406 g/mol. The van der Waals surface area contributed by atoms with Crippen LogP contribution in [0.25, 0.3) is 5.82 Å². The van der Waals surface area contributed by atoms with Crippen LogP contribution in [0.3, 0.4) is 0 Å². The highest BCUT2D eigenvalue weighted by Crippen LogP contribution is 2.32. The van der Waals surface area contributed by atoms with E-state index < -0.39 is 0 Å². The van der Waals surface area contributed by atoms with Crippen molar-refractivity contribution in [3.8, 4) is 11.9 Å². The number of nitrogens with zero attached hydrogens (tertiary/aromatic N) is 5. The van der Waals surface area contributed by atoms with Crippen LogP contribution in [0.5, 0.6) is 0 Å². The van der Waals surface area contributed by atoms with Crippen molar-refractivity contribution in [1.29, 1.82) is 5.26 Å². The Morgan fingerprint density at radius 3 is 2.97 bits per heavy atom. The third kappa shape index (κ3) is 3.66. The maximum atomic E-state index is 11.8. The predicted octanol–water partition coefficient (Wildman–Crippen LogP) is 3.00. The highest BCUT2D eigenvalue weighted by Gasteiger charge is 2.29. The van der Waals surface area contributed by atoms with Crippen LogP contribution >= 0.6 is 0 Å². The van der Waals surface area contributed by atoms with Crippen LogP contribution in [0.2, 0.25) is 0 Å². The van der Waals surface area contributed by atoms with E-state index in [2.05, 4.69) is 21.1 Å². The first kappa shape index (κ1) is 20.4. The van der Waals surface area contributed by atoms with Gasteiger partial charge in [0.05, 0.1) is 29.5 Å². The number of carbonyl (C=O) groups excluding carboxylic acids is 1. The van der Waals surface area contributed by atoms with E-state index in [9.17, 15) is 4.79 Å². The lowest BCUT2D eigenvalue weighted by Gasteiger charge is -2.33. The van der Waals surface area contributed by atoms with Gasteiger partial charge in [-0.25, -0.2) is 14.5 Å². The molecule has 2 aliphatic rings. The highest BCUT2D eigenvalue weighted by atomic mass is 16.5. The van der Waals surface area contributed by atoms with Crippen molar-refractivity contribution < 1.29 is 14.3 Å². The van der Waals surface area contributed by atoms with Crippen LogP contribution in [0.4, 0.5) is 0 Å². The standard InChI is InChI=1S/C24H23N5O3/c1-15-9-23(26-11-17(15)10-25)29-6-5-18(27-29)12-28-7-8-31-22(13-28)19-3-4-20-21(16(19)2)14-32-24(20)30/h3-6,9,11,22H,7-8,12-14H2,1-2H3/t22-/m0/s1. The molecule has 0 radical (unpaired) electrons. The molecule has 162 valence electrons. The number of hydrogen-bond acceptors (Lipinski definition) is 7. The summed E-state index contributed by atoms with van der Waals surface area (Å²) in [5.41, 5.74) is 6.20. The number of cyclic esters (lactones) is 1. The van der Waals surface area contributed by atoms with Gasteiger partial charge in [-0.05, 0) is 48.7 Å². The number of aromatic nitrogens is 3. The molecule has 3 aromatic rings. The summed E-state index contributed by atoms with van der Waals surface area (Å²) >= 11 is 0. The minimum Gasteiger partial charge on any atom is -0.457 e. The van der Waals surface area contributed by atoms with E-state index >= 15 is 0 Å². The Balaban J connectivity index is 1.30. The monoisotopic (exact) mass is 429 g/mol. The number of pyridine rings is 1. The number of hydrogen-bond donors (Lipinski definition) is 0. The van der Waals surface area contributed by atoms with Gasteiger partial charge in [-0.3, -0.25) is 4.90 Å². The molecule has 0 unspecified atom stereocenters. The summed E-state index contributed by atoms with van der Waals surface area (Å²) in [6.45, 7) is 7.17. The van der Waals surface area contributed by atoms with Crippen LogP contribution in [0.1, 0.15) is 50.0 Å². The van der Waals surface area contributed by atoms with E-state index in [1.54, 1.807) is 10.9 Å². The Hall–Kier alpha value is -3.54. The Morgan fingerprint density at radius 1 is 1.28 bits per heavy atom. The third-order valence-electron chi connectivity index (χ3n) is 6.19. The van der Waals surface area contributed by atoms with Gasteiger partial charge in [0.1, 0.15) is 12.7 Å². The predicted molar refractivity (Wildman–Crippen MR) is 115 cm³/mol. The van der Waals surface area contributed by atoms with E-state index in [-0.39, 0.29) is 12.1 Å². The molecule has 8 nitrogen and oxygen atoms in total. The van der Waals surface area contributed by atoms with Crippen LogP contribution < -0.4 is 0 Å². The number of nitriles is 1. The highest BCUT2D eigenvalue weighted by molar-refractivity contribution is 5.93. The Morgan fingerprint density at radius 2 is 2.16 bits per heavy atom. The summed E-state index contributed by atoms with van der Waals surface area (Å²) < 4.78 is 13.0. The maximum Gasteiger partial charge on any atom is 0.338 e. The van der Waals surface area contributed by atoms with Gasteiger partial charge in [0.25, 0.3) is 0 Å². The molecule has 32 heavy (non-hydrogen) atoms. The average molecular weight is 429 g/mol. The number of esters is 1. The van der Waals surface area contributed by atoms with E-state index in [1.807, 2.05) is 44.3 Å². The number of benzene rings is 1.